The molecule has 4 aromatic carbocycles. The van der Waals surface area contributed by atoms with Crippen molar-refractivity contribution < 1.29 is 19.5 Å². The number of para-hydroxylation sites is 1. The van der Waals surface area contributed by atoms with Gasteiger partial charge in [0.2, 0.25) is 11.8 Å². The van der Waals surface area contributed by atoms with Gasteiger partial charge in [-0.3, -0.25) is 9.59 Å². The molecule has 0 spiro atoms. The summed E-state index contributed by atoms with van der Waals surface area (Å²) in [5, 5.41) is 18.9. The standard InChI is InChI=1S/C39H44N6O4/c1-3-22-40-25-37(47)45-35(23-29-18-20-33(46)21-19-29)38(48)44(28-36(45)42-39(49)41-24-30-12-6-4-7-13-30)27-32-16-10-11-17-34(32)43(2)26-31-14-8-5-9-15-31/h3-21,35-36,40,46H,1,22-28H2,2H3,(H2,41,42,49)/t35-,36+/m0/s1. The number of hydrogen-bond acceptors (Lipinski definition) is 6. The highest BCUT2D eigenvalue weighted by molar-refractivity contribution is 5.91. The van der Waals surface area contributed by atoms with Crippen LogP contribution in [0.3, 0.4) is 0 Å². The van der Waals surface area contributed by atoms with Gasteiger partial charge in [-0.2, -0.15) is 0 Å². The van der Waals surface area contributed by atoms with Crippen LogP contribution >= 0.6 is 0 Å². The van der Waals surface area contributed by atoms with Crippen molar-refractivity contribution in [3.8, 4) is 5.75 Å². The number of anilines is 1. The van der Waals surface area contributed by atoms with Crippen LogP contribution in [0.5, 0.6) is 5.75 Å². The molecule has 4 amide bonds. The molecular formula is C39H44N6O4. The van der Waals surface area contributed by atoms with E-state index in [-0.39, 0.29) is 43.6 Å². The summed E-state index contributed by atoms with van der Waals surface area (Å²) in [5.74, 6) is -0.448. The van der Waals surface area contributed by atoms with Gasteiger partial charge in [0.05, 0.1) is 13.1 Å². The Balaban J connectivity index is 1.44. The first-order valence-corrected chi connectivity index (χ1v) is 16.4. The van der Waals surface area contributed by atoms with Gasteiger partial charge in [0.15, 0.2) is 0 Å². The molecule has 0 aromatic heterocycles. The molecule has 1 fully saturated rings. The third-order valence-corrected chi connectivity index (χ3v) is 8.50. The molecule has 1 saturated heterocycles. The number of piperazine rings is 1. The lowest BCUT2D eigenvalue weighted by atomic mass is 9.98. The van der Waals surface area contributed by atoms with Crippen molar-refractivity contribution in [3.63, 3.8) is 0 Å². The normalized spacial score (nSPS) is 15.8. The Labute approximate surface area is 288 Å². The summed E-state index contributed by atoms with van der Waals surface area (Å²) in [6.07, 6.45) is 1.04. The average molecular weight is 661 g/mol. The monoisotopic (exact) mass is 660 g/mol. The lowest BCUT2D eigenvalue weighted by molar-refractivity contribution is -0.157. The quantitative estimate of drug-likeness (QED) is 0.118. The van der Waals surface area contributed by atoms with Crippen molar-refractivity contribution >= 4 is 23.5 Å². The minimum Gasteiger partial charge on any atom is -0.508 e. The van der Waals surface area contributed by atoms with Gasteiger partial charge in [-0.25, -0.2) is 4.79 Å². The van der Waals surface area contributed by atoms with E-state index in [0.717, 1.165) is 27.9 Å². The predicted octanol–water partition coefficient (Wildman–Crippen LogP) is 4.41. The third-order valence-electron chi connectivity index (χ3n) is 8.50. The summed E-state index contributed by atoms with van der Waals surface area (Å²) in [6, 6.07) is 32.9. The first-order valence-electron chi connectivity index (χ1n) is 16.4. The second kappa shape index (κ2) is 17.0. The van der Waals surface area contributed by atoms with Crippen LogP contribution in [-0.4, -0.2) is 71.6 Å². The molecule has 2 atom stereocenters. The lowest BCUT2D eigenvalue weighted by Crippen LogP contribution is -2.69. The largest absolute Gasteiger partial charge is 0.508 e. The fourth-order valence-corrected chi connectivity index (χ4v) is 6.10. The van der Waals surface area contributed by atoms with E-state index < -0.39 is 18.2 Å². The summed E-state index contributed by atoms with van der Waals surface area (Å²) >= 11 is 0. The van der Waals surface area contributed by atoms with Crippen molar-refractivity contribution in [2.75, 3.05) is 31.6 Å². The highest BCUT2D eigenvalue weighted by Crippen LogP contribution is 2.27. The van der Waals surface area contributed by atoms with Crippen LogP contribution in [0.1, 0.15) is 22.3 Å². The number of amides is 4. The zero-order chi connectivity index (χ0) is 34.6. The van der Waals surface area contributed by atoms with Gasteiger partial charge in [0.25, 0.3) is 0 Å². The van der Waals surface area contributed by atoms with Gasteiger partial charge >= 0.3 is 6.03 Å². The highest BCUT2D eigenvalue weighted by Gasteiger charge is 2.43. The Morgan fingerprint density at radius 1 is 0.898 bits per heavy atom. The minimum atomic E-state index is -0.912. The molecule has 0 saturated carbocycles. The smallest absolute Gasteiger partial charge is 0.316 e. The van der Waals surface area contributed by atoms with Gasteiger partial charge in [0, 0.05) is 45.3 Å². The predicted molar refractivity (Wildman–Crippen MR) is 192 cm³/mol. The number of aromatic hydroxyl groups is 1. The van der Waals surface area contributed by atoms with Crippen LogP contribution in [0.25, 0.3) is 0 Å². The average Bonchev–Trinajstić information content (AvgIpc) is 3.11. The van der Waals surface area contributed by atoms with Crippen molar-refractivity contribution in [1.29, 1.82) is 0 Å². The Morgan fingerprint density at radius 3 is 2.24 bits per heavy atom. The first-order chi connectivity index (χ1) is 23.8. The van der Waals surface area contributed by atoms with E-state index in [1.165, 1.54) is 4.90 Å². The van der Waals surface area contributed by atoms with E-state index in [1.54, 1.807) is 35.2 Å². The summed E-state index contributed by atoms with van der Waals surface area (Å²) < 4.78 is 0. The summed E-state index contributed by atoms with van der Waals surface area (Å²) in [6.45, 7) is 5.44. The van der Waals surface area contributed by atoms with Crippen LogP contribution in [0.2, 0.25) is 0 Å². The van der Waals surface area contributed by atoms with Crippen molar-refractivity contribution in [1.82, 2.24) is 25.8 Å². The Morgan fingerprint density at radius 2 is 1.55 bits per heavy atom. The highest BCUT2D eigenvalue weighted by atomic mass is 16.3. The van der Waals surface area contributed by atoms with Crippen molar-refractivity contribution in [2.24, 2.45) is 0 Å². The second-order valence-corrected chi connectivity index (χ2v) is 12.1. The molecular weight excluding hydrogens is 616 g/mol. The SMILES string of the molecule is C=CCNCC(=O)N1[C@@H](NC(=O)NCc2ccccc2)CN(Cc2ccccc2N(C)Cc2ccccc2)C(=O)[C@@H]1Cc1ccc(O)cc1. The van der Waals surface area contributed by atoms with Crippen molar-refractivity contribution in [3.05, 3.63) is 144 Å². The maximum Gasteiger partial charge on any atom is 0.316 e. The number of urea groups is 1. The van der Waals surface area contributed by atoms with Crippen LogP contribution in [-0.2, 0) is 35.6 Å². The summed E-state index contributed by atoms with van der Waals surface area (Å²) in [7, 11) is 2.02. The molecule has 254 valence electrons. The summed E-state index contributed by atoms with van der Waals surface area (Å²) in [5.41, 5.74) is 4.78. The second-order valence-electron chi connectivity index (χ2n) is 12.1. The molecule has 10 nitrogen and oxygen atoms in total. The van der Waals surface area contributed by atoms with E-state index in [2.05, 4.69) is 39.6 Å². The molecule has 0 aliphatic carbocycles. The third kappa shape index (κ3) is 9.48. The van der Waals surface area contributed by atoms with Crippen LogP contribution < -0.4 is 20.9 Å². The Kier molecular flexibility index (Phi) is 12.0. The number of carbonyl (C=O) groups excluding carboxylic acids is 3. The number of phenolic OH excluding ortho intramolecular Hbond substituents is 1. The fourth-order valence-electron chi connectivity index (χ4n) is 6.10. The van der Waals surface area contributed by atoms with Gasteiger partial charge < -0.3 is 35.8 Å². The van der Waals surface area contributed by atoms with E-state index >= 15 is 0 Å². The first kappa shape index (κ1) is 34.7. The number of hydrogen-bond donors (Lipinski definition) is 4. The minimum absolute atomic E-state index is 0.0394. The van der Waals surface area contributed by atoms with E-state index in [1.807, 2.05) is 79.8 Å². The summed E-state index contributed by atoms with van der Waals surface area (Å²) in [4.78, 5) is 47.1. The molecule has 1 aliphatic rings. The van der Waals surface area contributed by atoms with Gasteiger partial charge in [0.1, 0.15) is 18.0 Å². The molecule has 0 unspecified atom stereocenters. The Bertz CT molecular complexity index is 1700. The van der Waals surface area contributed by atoms with Gasteiger partial charge in [-0.15, -0.1) is 6.58 Å². The molecule has 0 bridgehead atoms. The number of benzene rings is 4. The van der Waals surface area contributed by atoms with E-state index in [9.17, 15) is 19.5 Å². The zero-order valence-corrected chi connectivity index (χ0v) is 27.8. The fraction of sp³-hybridized carbons (Fsp3) is 0.256. The number of nitrogens with zero attached hydrogens (tertiary/aromatic N) is 3. The topological polar surface area (TPSA) is 117 Å². The maximum absolute atomic E-state index is 14.5. The number of phenols is 1. The molecule has 5 rings (SSSR count). The molecule has 0 radical (unpaired) electrons. The molecule has 4 aromatic rings. The number of rotatable bonds is 14. The maximum atomic E-state index is 14.5. The van der Waals surface area contributed by atoms with Crippen LogP contribution in [0.15, 0.2) is 122 Å². The van der Waals surface area contributed by atoms with Crippen molar-refractivity contribution in [2.45, 2.75) is 38.3 Å². The van der Waals surface area contributed by atoms with Crippen LogP contribution in [0.4, 0.5) is 10.5 Å². The van der Waals surface area contributed by atoms with E-state index in [0.29, 0.717) is 19.6 Å². The molecule has 1 aliphatic heterocycles. The number of nitrogens with one attached hydrogen (secondary N) is 3. The molecule has 10 heteroatoms. The molecule has 49 heavy (non-hydrogen) atoms. The molecule has 1 heterocycles. The molecule has 4 N–H and O–H groups in total. The zero-order valence-electron chi connectivity index (χ0n) is 27.8. The number of carbonyl (C=O) groups is 3. The Hall–Kier alpha value is -5.61. The van der Waals surface area contributed by atoms with Gasteiger partial charge in [-0.1, -0.05) is 97.1 Å². The van der Waals surface area contributed by atoms with Crippen LogP contribution in [0, 0.1) is 0 Å². The van der Waals surface area contributed by atoms with Gasteiger partial charge in [-0.05, 0) is 40.5 Å². The lowest BCUT2D eigenvalue weighted by Gasteiger charge is -2.46. The van der Waals surface area contributed by atoms with E-state index in [4.69, 9.17) is 0 Å².